The second kappa shape index (κ2) is 5.68. The maximum absolute atomic E-state index is 11.7. The Morgan fingerprint density at radius 2 is 1.67 bits per heavy atom. The number of rotatable bonds is 2. The molecular weight excluding hydrogens is 262 g/mol. The Balaban J connectivity index is 1.80. The Morgan fingerprint density at radius 1 is 1.00 bits per heavy atom. The second-order valence-electron chi connectivity index (χ2n) is 5.69. The molecule has 0 N–H and O–H groups in total. The molecule has 3 heteroatoms. The van der Waals surface area contributed by atoms with Gasteiger partial charge in [0.25, 0.3) is 5.91 Å². The Hall–Kier alpha value is -2.16. The van der Waals surface area contributed by atoms with Crippen LogP contribution >= 0.6 is 0 Å². The SMILES string of the molecule is CC(=O)C(=O)N1CCC(c2cccc3ccccc23)CC1. The van der Waals surface area contributed by atoms with E-state index in [9.17, 15) is 9.59 Å². The van der Waals surface area contributed by atoms with Crippen LogP contribution in [0.15, 0.2) is 42.5 Å². The van der Waals surface area contributed by atoms with Crippen molar-refractivity contribution in [1.82, 2.24) is 4.90 Å². The average molecular weight is 281 g/mol. The number of nitrogens with zero attached hydrogens (tertiary/aromatic N) is 1. The van der Waals surface area contributed by atoms with Gasteiger partial charge in [0.15, 0.2) is 0 Å². The minimum atomic E-state index is -0.362. The van der Waals surface area contributed by atoms with E-state index in [-0.39, 0.29) is 11.7 Å². The molecular formula is C18H19NO2. The fourth-order valence-corrected chi connectivity index (χ4v) is 3.22. The van der Waals surface area contributed by atoms with E-state index in [0.717, 1.165) is 12.8 Å². The number of ketones is 1. The lowest BCUT2D eigenvalue weighted by Gasteiger charge is -2.32. The van der Waals surface area contributed by atoms with Gasteiger partial charge in [0.1, 0.15) is 0 Å². The highest BCUT2D eigenvalue weighted by atomic mass is 16.2. The molecule has 1 amide bonds. The van der Waals surface area contributed by atoms with Crippen molar-refractivity contribution >= 4 is 22.5 Å². The van der Waals surface area contributed by atoms with Crippen molar-refractivity contribution in [1.29, 1.82) is 0 Å². The number of Topliss-reactive ketones (excluding diaryl/α,β-unsaturated/α-hetero) is 1. The van der Waals surface area contributed by atoms with Gasteiger partial charge in [0, 0.05) is 20.0 Å². The first-order valence-corrected chi connectivity index (χ1v) is 7.44. The minimum Gasteiger partial charge on any atom is -0.336 e. The topological polar surface area (TPSA) is 37.4 Å². The van der Waals surface area contributed by atoms with E-state index in [1.807, 2.05) is 0 Å². The molecule has 108 valence electrons. The molecule has 1 heterocycles. The average Bonchev–Trinajstić information content (AvgIpc) is 2.53. The zero-order chi connectivity index (χ0) is 14.8. The lowest BCUT2D eigenvalue weighted by molar-refractivity contribution is -0.144. The lowest BCUT2D eigenvalue weighted by Crippen LogP contribution is -2.40. The van der Waals surface area contributed by atoms with E-state index in [2.05, 4.69) is 42.5 Å². The number of carbonyl (C=O) groups is 2. The van der Waals surface area contributed by atoms with E-state index in [1.54, 1.807) is 4.90 Å². The highest BCUT2D eigenvalue weighted by Gasteiger charge is 2.26. The first-order valence-electron chi connectivity index (χ1n) is 7.44. The van der Waals surface area contributed by atoms with Crippen LogP contribution in [-0.2, 0) is 9.59 Å². The van der Waals surface area contributed by atoms with Crippen LogP contribution in [0.5, 0.6) is 0 Å². The van der Waals surface area contributed by atoms with Gasteiger partial charge in [0.2, 0.25) is 5.78 Å². The van der Waals surface area contributed by atoms with Crippen LogP contribution < -0.4 is 0 Å². The maximum Gasteiger partial charge on any atom is 0.289 e. The van der Waals surface area contributed by atoms with E-state index >= 15 is 0 Å². The van der Waals surface area contributed by atoms with Crippen molar-refractivity contribution in [3.05, 3.63) is 48.0 Å². The standard InChI is InChI=1S/C18H19NO2/c1-13(20)18(21)19-11-9-15(10-12-19)17-8-4-6-14-5-2-3-7-16(14)17/h2-8,15H,9-12H2,1H3. The van der Waals surface area contributed by atoms with Crippen molar-refractivity contribution in [3.63, 3.8) is 0 Å². The zero-order valence-electron chi connectivity index (χ0n) is 12.2. The molecule has 21 heavy (non-hydrogen) atoms. The Labute approximate surface area is 124 Å². The highest BCUT2D eigenvalue weighted by Crippen LogP contribution is 2.33. The van der Waals surface area contributed by atoms with Crippen molar-refractivity contribution in [2.45, 2.75) is 25.7 Å². The number of piperidine rings is 1. The number of hydrogen-bond donors (Lipinski definition) is 0. The van der Waals surface area contributed by atoms with Crippen LogP contribution in [0.2, 0.25) is 0 Å². The molecule has 0 spiro atoms. The molecule has 1 aliphatic rings. The summed E-state index contributed by atoms with van der Waals surface area (Å²) in [6, 6.07) is 14.8. The first kappa shape index (κ1) is 13.8. The van der Waals surface area contributed by atoms with Gasteiger partial charge in [0.05, 0.1) is 0 Å². The lowest BCUT2D eigenvalue weighted by atomic mass is 9.86. The fraction of sp³-hybridized carbons (Fsp3) is 0.333. The van der Waals surface area contributed by atoms with Gasteiger partial charge < -0.3 is 4.90 Å². The molecule has 3 rings (SSSR count). The summed E-state index contributed by atoms with van der Waals surface area (Å²) in [4.78, 5) is 24.6. The predicted octanol–water partition coefficient (Wildman–Crippen LogP) is 3.13. The molecule has 3 nitrogen and oxygen atoms in total. The third-order valence-corrected chi connectivity index (χ3v) is 4.35. The molecule has 0 saturated carbocycles. The van der Waals surface area contributed by atoms with E-state index in [1.165, 1.54) is 23.3 Å². The number of hydrogen-bond acceptors (Lipinski definition) is 2. The Morgan fingerprint density at radius 3 is 2.38 bits per heavy atom. The minimum absolute atomic E-state index is 0.341. The zero-order valence-corrected chi connectivity index (χ0v) is 12.2. The van der Waals surface area contributed by atoms with Crippen molar-refractivity contribution in [2.75, 3.05) is 13.1 Å². The summed E-state index contributed by atoms with van der Waals surface area (Å²) < 4.78 is 0. The van der Waals surface area contributed by atoms with Gasteiger partial charge in [-0.1, -0.05) is 42.5 Å². The number of fused-ring (bicyclic) bond motifs is 1. The first-order chi connectivity index (χ1) is 10.2. The smallest absolute Gasteiger partial charge is 0.289 e. The normalized spacial score (nSPS) is 16.1. The van der Waals surface area contributed by atoms with Crippen LogP contribution in [0, 0.1) is 0 Å². The number of amides is 1. The van der Waals surface area contributed by atoms with Crippen molar-refractivity contribution < 1.29 is 9.59 Å². The van der Waals surface area contributed by atoms with E-state index in [0.29, 0.717) is 19.0 Å². The Bertz CT molecular complexity index is 679. The molecule has 1 saturated heterocycles. The van der Waals surface area contributed by atoms with Gasteiger partial charge in [-0.3, -0.25) is 9.59 Å². The quantitative estimate of drug-likeness (QED) is 0.793. The van der Waals surface area contributed by atoms with Crippen LogP contribution in [-0.4, -0.2) is 29.7 Å². The number of benzene rings is 2. The van der Waals surface area contributed by atoms with Gasteiger partial charge in [-0.2, -0.15) is 0 Å². The summed E-state index contributed by atoms with van der Waals surface area (Å²) in [7, 11) is 0. The molecule has 1 aliphatic heterocycles. The van der Waals surface area contributed by atoms with E-state index in [4.69, 9.17) is 0 Å². The van der Waals surface area contributed by atoms with Crippen molar-refractivity contribution in [3.8, 4) is 0 Å². The third kappa shape index (κ3) is 2.68. The van der Waals surface area contributed by atoms with Crippen molar-refractivity contribution in [2.24, 2.45) is 0 Å². The molecule has 0 aliphatic carbocycles. The van der Waals surface area contributed by atoms with Crippen LogP contribution in [0.25, 0.3) is 10.8 Å². The molecule has 2 aromatic carbocycles. The molecule has 1 fully saturated rings. The molecule has 0 aromatic heterocycles. The summed E-state index contributed by atoms with van der Waals surface area (Å²) >= 11 is 0. The van der Waals surface area contributed by atoms with Crippen LogP contribution in [0.3, 0.4) is 0 Å². The summed E-state index contributed by atoms with van der Waals surface area (Å²) in [6.07, 6.45) is 1.85. The summed E-state index contributed by atoms with van der Waals surface area (Å²) in [5.74, 6) is -0.239. The highest BCUT2D eigenvalue weighted by molar-refractivity contribution is 6.35. The van der Waals surface area contributed by atoms with Gasteiger partial charge in [-0.25, -0.2) is 0 Å². The summed E-state index contributed by atoms with van der Waals surface area (Å²) in [6.45, 7) is 2.69. The molecule has 0 bridgehead atoms. The number of likely N-dealkylation sites (tertiary alicyclic amines) is 1. The van der Waals surface area contributed by atoms with Gasteiger partial charge >= 0.3 is 0 Å². The second-order valence-corrected chi connectivity index (χ2v) is 5.69. The number of carbonyl (C=O) groups excluding carboxylic acids is 2. The monoisotopic (exact) mass is 281 g/mol. The largest absolute Gasteiger partial charge is 0.336 e. The maximum atomic E-state index is 11.7. The van der Waals surface area contributed by atoms with Crippen LogP contribution in [0.1, 0.15) is 31.2 Å². The summed E-state index contributed by atoms with van der Waals surface area (Å²) in [5.41, 5.74) is 1.36. The molecule has 2 aromatic rings. The Kier molecular flexibility index (Phi) is 3.74. The van der Waals surface area contributed by atoms with Gasteiger partial charge in [-0.15, -0.1) is 0 Å². The van der Waals surface area contributed by atoms with E-state index < -0.39 is 0 Å². The molecule has 0 unspecified atom stereocenters. The van der Waals surface area contributed by atoms with Gasteiger partial charge in [-0.05, 0) is 35.1 Å². The van der Waals surface area contributed by atoms with Crippen LogP contribution in [0.4, 0.5) is 0 Å². The predicted molar refractivity (Wildman–Crippen MR) is 83.2 cm³/mol. The fourth-order valence-electron chi connectivity index (χ4n) is 3.22. The molecule has 0 radical (unpaired) electrons. The summed E-state index contributed by atoms with van der Waals surface area (Å²) in [5, 5.41) is 2.56. The molecule has 0 atom stereocenters. The third-order valence-electron chi connectivity index (χ3n) is 4.35.